The molecule has 0 aliphatic carbocycles. The van der Waals surface area contributed by atoms with Gasteiger partial charge in [0.2, 0.25) is 23.6 Å². The topological polar surface area (TPSA) is 255 Å². The number of nitrogens with zero attached hydrogens (tertiary/aromatic N) is 3. The molecule has 3 aliphatic rings. The van der Waals surface area contributed by atoms with Gasteiger partial charge in [0, 0.05) is 57.4 Å². The number of urea groups is 1. The number of carboxylic acids is 1. The Hall–Kier alpha value is -5.28. The number of nitrogens with one attached hydrogen (secondary N) is 3. The minimum atomic E-state index is -5.08. The number of halogens is 3. The summed E-state index contributed by atoms with van der Waals surface area (Å²) in [6.07, 6.45) is -0.0467. The van der Waals surface area contributed by atoms with Crippen molar-refractivity contribution in [2.45, 2.75) is 101 Å². The van der Waals surface area contributed by atoms with E-state index >= 15 is 0 Å². The molecule has 21 heteroatoms. The standard InChI is InChI=1S/C42H62N8O7S.C2HF3O2/c1-29(2)22-35(47-39(53)36(24-31-14-8-5-9-15-31)46-37(51)33(44)23-30-12-6-4-7-13-30)38(52)45-34(16-10-11-19-43)40(54)48-20-17-42(18-21-48)27-50(28-42)41(55)49-25-32(26-49)58(3,56)57;3-2(4,5)1(6)7/h4-9,12-15,29,32-36H,10-11,16-28,43-44H2,1-3H3,(H,45,52)(H,46,51)(H,47,53);(H,6,7)/t33-,34-,35-,36-;/m1./s1. The average Bonchev–Trinajstić information content (AvgIpc) is 3.21. The molecule has 3 fully saturated rings. The highest BCUT2D eigenvalue weighted by Gasteiger charge is 2.50. The van der Waals surface area contributed by atoms with E-state index in [4.69, 9.17) is 21.4 Å². The number of rotatable bonds is 18. The summed E-state index contributed by atoms with van der Waals surface area (Å²) in [5.74, 6) is -4.44. The van der Waals surface area contributed by atoms with Gasteiger partial charge in [0.1, 0.15) is 18.1 Å². The molecule has 3 heterocycles. The van der Waals surface area contributed by atoms with Crippen LogP contribution in [0, 0.1) is 11.3 Å². The van der Waals surface area contributed by atoms with Gasteiger partial charge in [-0.1, -0.05) is 74.5 Å². The lowest BCUT2D eigenvalue weighted by Gasteiger charge is -2.55. The number of carboxylic acid groups (broad SMARTS) is 1. The number of carbonyl (C=O) groups is 6. The summed E-state index contributed by atoms with van der Waals surface area (Å²) in [5, 5.41) is 15.3. The molecule has 65 heavy (non-hydrogen) atoms. The zero-order chi connectivity index (χ0) is 48.1. The van der Waals surface area contributed by atoms with E-state index in [-0.39, 0.29) is 49.2 Å². The lowest BCUT2D eigenvalue weighted by Crippen LogP contribution is -2.68. The molecular weight excluding hydrogens is 874 g/mol. The molecule has 360 valence electrons. The summed E-state index contributed by atoms with van der Waals surface area (Å²) >= 11 is 0. The van der Waals surface area contributed by atoms with Crippen LogP contribution in [0.5, 0.6) is 0 Å². The van der Waals surface area contributed by atoms with Crippen LogP contribution in [-0.4, -0.2) is 152 Å². The first-order chi connectivity index (χ1) is 30.5. The second kappa shape index (κ2) is 23.3. The first-order valence-corrected chi connectivity index (χ1v) is 23.7. The lowest BCUT2D eigenvalue weighted by molar-refractivity contribution is -0.192. The van der Waals surface area contributed by atoms with Gasteiger partial charge in [0.15, 0.2) is 9.84 Å². The van der Waals surface area contributed by atoms with E-state index in [2.05, 4.69) is 16.0 Å². The van der Waals surface area contributed by atoms with E-state index in [9.17, 15) is 45.6 Å². The van der Waals surface area contributed by atoms with Gasteiger partial charge in [-0.2, -0.15) is 13.2 Å². The molecule has 0 aromatic heterocycles. The number of amides is 6. The van der Waals surface area contributed by atoms with Crippen LogP contribution in [0.1, 0.15) is 63.5 Å². The highest BCUT2D eigenvalue weighted by molar-refractivity contribution is 7.91. The van der Waals surface area contributed by atoms with Crippen LogP contribution < -0.4 is 27.4 Å². The fourth-order valence-electron chi connectivity index (χ4n) is 8.00. The minimum absolute atomic E-state index is 0.0123. The Kier molecular flexibility index (Phi) is 18.7. The maximum atomic E-state index is 14.1. The second-order valence-electron chi connectivity index (χ2n) is 17.7. The summed E-state index contributed by atoms with van der Waals surface area (Å²) < 4.78 is 55.3. The lowest BCUT2D eigenvalue weighted by atomic mass is 9.72. The molecular formula is C44H63F3N8O9S. The molecule has 4 atom stereocenters. The van der Waals surface area contributed by atoms with E-state index in [1.807, 2.05) is 74.5 Å². The number of benzene rings is 2. The third kappa shape index (κ3) is 15.7. The Bertz CT molecular complexity index is 2040. The highest BCUT2D eigenvalue weighted by atomic mass is 32.2. The summed E-state index contributed by atoms with van der Waals surface area (Å²) in [4.78, 5) is 82.5. The van der Waals surface area contributed by atoms with Crippen molar-refractivity contribution in [3.05, 3.63) is 71.8 Å². The van der Waals surface area contributed by atoms with E-state index < -0.39 is 69.1 Å². The number of piperidine rings is 1. The first-order valence-electron chi connectivity index (χ1n) is 21.8. The first kappa shape index (κ1) is 52.3. The molecule has 8 N–H and O–H groups in total. The van der Waals surface area contributed by atoms with Gasteiger partial charge in [0.25, 0.3) is 0 Å². The molecule has 2 aromatic carbocycles. The molecule has 5 rings (SSSR count). The number of nitrogens with two attached hydrogens (primary N) is 2. The smallest absolute Gasteiger partial charge is 0.475 e. The van der Waals surface area contributed by atoms with E-state index in [0.717, 1.165) is 11.1 Å². The molecule has 2 aromatic rings. The molecule has 3 aliphatic heterocycles. The minimum Gasteiger partial charge on any atom is -0.475 e. The van der Waals surface area contributed by atoms with Gasteiger partial charge < -0.3 is 47.2 Å². The van der Waals surface area contributed by atoms with Crippen LogP contribution in [0.3, 0.4) is 0 Å². The molecule has 17 nitrogen and oxygen atoms in total. The predicted octanol–water partition coefficient (Wildman–Crippen LogP) is 1.84. The molecule has 0 bridgehead atoms. The average molecular weight is 937 g/mol. The van der Waals surface area contributed by atoms with Crippen molar-refractivity contribution in [1.82, 2.24) is 30.7 Å². The van der Waals surface area contributed by atoms with Crippen molar-refractivity contribution in [2.75, 3.05) is 52.1 Å². The Morgan fingerprint density at radius 2 is 1.26 bits per heavy atom. The highest BCUT2D eigenvalue weighted by Crippen LogP contribution is 2.41. The van der Waals surface area contributed by atoms with Crippen LogP contribution in [0.4, 0.5) is 18.0 Å². The van der Waals surface area contributed by atoms with Crippen LogP contribution in [-0.2, 0) is 46.7 Å². The number of hydrogen-bond donors (Lipinski definition) is 6. The van der Waals surface area contributed by atoms with Crippen LogP contribution in [0.2, 0.25) is 0 Å². The number of carbonyl (C=O) groups excluding carboxylic acids is 5. The normalized spacial score (nSPS) is 17.9. The van der Waals surface area contributed by atoms with E-state index in [1.54, 1.807) is 14.7 Å². The Morgan fingerprint density at radius 1 is 0.769 bits per heavy atom. The molecule has 0 radical (unpaired) electrons. The van der Waals surface area contributed by atoms with Crippen LogP contribution in [0.15, 0.2) is 60.7 Å². The number of likely N-dealkylation sites (tertiary alicyclic amines) is 3. The summed E-state index contributed by atoms with van der Waals surface area (Å²) in [5.41, 5.74) is 13.7. The van der Waals surface area contributed by atoms with Gasteiger partial charge in [-0.05, 0) is 68.5 Å². The third-order valence-corrected chi connectivity index (χ3v) is 13.4. The molecule has 3 saturated heterocycles. The number of hydrogen-bond acceptors (Lipinski definition) is 10. The monoisotopic (exact) mass is 936 g/mol. The van der Waals surface area contributed by atoms with Crippen LogP contribution >= 0.6 is 0 Å². The number of sulfone groups is 1. The van der Waals surface area contributed by atoms with Crippen molar-refractivity contribution in [3.8, 4) is 0 Å². The Morgan fingerprint density at radius 3 is 1.75 bits per heavy atom. The maximum Gasteiger partial charge on any atom is 0.490 e. The van der Waals surface area contributed by atoms with E-state index in [0.29, 0.717) is 71.2 Å². The van der Waals surface area contributed by atoms with Gasteiger partial charge in [0.05, 0.1) is 11.3 Å². The van der Waals surface area contributed by atoms with Gasteiger partial charge in [-0.3, -0.25) is 19.2 Å². The molecule has 0 saturated carbocycles. The molecule has 1 spiro atoms. The number of aliphatic carboxylic acids is 1. The SMILES string of the molecule is CC(C)C[C@@H](NC(=O)[C@@H](Cc1ccccc1)NC(=O)[C@H](N)Cc1ccccc1)C(=O)N[C@H](CCCCN)C(=O)N1CCC2(CC1)CN(C(=O)N1CC(S(C)(=O)=O)C1)C2.O=C(O)C(F)(F)F. The van der Waals surface area contributed by atoms with Crippen molar-refractivity contribution >= 4 is 45.5 Å². The second-order valence-corrected chi connectivity index (χ2v) is 20.0. The summed E-state index contributed by atoms with van der Waals surface area (Å²) in [6, 6.07) is 14.8. The largest absolute Gasteiger partial charge is 0.490 e. The predicted molar refractivity (Wildman–Crippen MR) is 236 cm³/mol. The Balaban J connectivity index is 0.00000122. The van der Waals surface area contributed by atoms with Gasteiger partial charge >= 0.3 is 18.2 Å². The number of unbranched alkanes of at least 4 members (excludes halogenated alkanes) is 1. The fourth-order valence-corrected chi connectivity index (χ4v) is 8.90. The quantitative estimate of drug-likeness (QED) is 0.118. The third-order valence-electron chi connectivity index (χ3n) is 11.9. The van der Waals surface area contributed by atoms with Crippen LogP contribution in [0.25, 0.3) is 0 Å². The summed E-state index contributed by atoms with van der Waals surface area (Å²) in [7, 11) is -3.17. The zero-order valence-corrected chi connectivity index (χ0v) is 37.9. The van der Waals surface area contributed by atoms with Crippen molar-refractivity contribution in [1.29, 1.82) is 0 Å². The number of alkyl halides is 3. The molecule has 0 unspecified atom stereocenters. The van der Waals surface area contributed by atoms with Crippen molar-refractivity contribution in [3.63, 3.8) is 0 Å². The Labute approximate surface area is 378 Å². The maximum absolute atomic E-state index is 14.1. The van der Waals surface area contributed by atoms with E-state index in [1.165, 1.54) is 6.26 Å². The molecule has 6 amide bonds. The van der Waals surface area contributed by atoms with Crippen molar-refractivity contribution < 1.29 is 55.5 Å². The fraction of sp³-hybridized carbons (Fsp3) is 0.591. The van der Waals surface area contributed by atoms with Crippen molar-refractivity contribution in [2.24, 2.45) is 22.8 Å². The van der Waals surface area contributed by atoms with Gasteiger partial charge in [-0.15, -0.1) is 0 Å². The summed E-state index contributed by atoms with van der Waals surface area (Å²) in [6.45, 7) is 6.84. The van der Waals surface area contributed by atoms with Gasteiger partial charge in [-0.25, -0.2) is 18.0 Å². The zero-order valence-electron chi connectivity index (χ0n) is 37.1.